The van der Waals surface area contributed by atoms with Crippen molar-refractivity contribution in [2.75, 3.05) is 0 Å². The molecule has 1 aromatic heterocycles. The number of fused-ring (bicyclic) bond motifs is 3. The van der Waals surface area contributed by atoms with E-state index in [0.29, 0.717) is 0 Å². The molecule has 0 amide bonds. The number of hydrogen-bond acceptors (Lipinski definition) is 1. The first-order valence-corrected chi connectivity index (χ1v) is 4.72. The van der Waals surface area contributed by atoms with Crippen molar-refractivity contribution in [3.63, 3.8) is 0 Å². The molecule has 14 heavy (non-hydrogen) atoms. The Labute approximate surface area is 82.0 Å². The van der Waals surface area contributed by atoms with Crippen LogP contribution in [0.15, 0.2) is 46.9 Å². The molecule has 1 nitrogen and oxygen atoms in total. The number of benzene rings is 2. The summed E-state index contributed by atoms with van der Waals surface area (Å²) in [6, 6.07) is 14.4. The van der Waals surface area contributed by atoms with E-state index >= 15 is 0 Å². The molecule has 1 heterocycles. The highest BCUT2D eigenvalue weighted by atomic mass is 16.3. The van der Waals surface area contributed by atoms with Gasteiger partial charge in [-0.25, -0.2) is 0 Å². The van der Waals surface area contributed by atoms with Crippen molar-refractivity contribution in [3.05, 3.63) is 48.0 Å². The highest BCUT2D eigenvalue weighted by molar-refractivity contribution is 6.04. The van der Waals surface area contributed by atoms with Crippen LogP contribution in [0.25, 0.3) is 21.9 Å². The number of hydrogen-bond donors (Lipinski definition) is 0. The van der Waals surface area contributed by atoms with Gasteiger partial charge in [0.05, 0.1) is 0 Å². The fraction of sp³-hybridized carbons (Fsp3) is 0.0769. The fourth-order valence-electron chi connectivity index (χ4n) is 1.84. The molecule has 0 radical (unpaired) electrons. The van der Waals surface area contributed by atoms with E-state index in [4.69, 9.17) is 4.42 Å². The SMILES string of the molecule is Cc1ccc2oc3ccccc3c2c1. The summed E-state index contributed by atoms with van der Waals surface area (Å²) in [6.45, 7) is 2.10. The summed E-state index contributed by atoms with van der Waals surface area (Å²) in [5.74, 6) is 0. The summed E-state index contributed by atoms with van der Waals surface area (Å²) in [6.07, 6.45) is 0. The molecule has 0 unspecified atom stereocenters. The van der Waals surface area contributed by atoms with Crippen LogP contribution < -0.4 is 0 Å². The van der Waals surface area contributed by atoms with E-state index in [9.17, 15) is 0 Å². The first kappa shape index (κ1) is 7.63. The van der Waals surface area contributed by atoms with Gasteiger partial charge < -0.3 is 4.42 Å². The number of aryl methyl sites for hydroxylation is 1. The average molecular weight is 182 g/mol. The lowest BCUT2D eigenvalue weighted by molar-refractivity contribution is 0.669. The second kappa shape index (κ2) is 2.61. The fourth-order valence-corrected chi connectivity index (χ4v) is 1.84. The van der Waals surface area contributed by atoms with Crippen LogP contribution in [0.1, 0.15) is 5.56 Å². The van der Waals surface area contributed by atoms with E-state index < -0.39 is 0 Å². The zero-order valence-electron chi connectivity index (χ0n) is 7.95. The first-order chi connectivity index (χ1) is 6.84. The van der Waals surface area contributed by atoms with Gasteiger partial charge in [-0.15, -0.1) is 0 Å². The van der Waals surface area contributed by atoms with Gasteiger partial charge in [0.25, 0.3) is 0 Å². The normalized spacial score (nSPS) is 11.2. The van der Waals surface area contributed by atoms with E-state index in [1.807, 2.05) is 24.3 Å². The van der Waals surface area contributed by atoms with Gasteiger partial charge in [0.15, 0.2) is 0 Å². The maximum atomic E-state index is 5.71. The van der Waals surface area contributed by atoms with Gasteiger partial charge in [0.1, 0.15) is 11.2 Å². The Morgan fingerprint density at radius 3 is 2.57 bits per heavy atom. The molecule has 3 rings (SSSR count). The van der Waals surface area contributed by atoms with E-state index in [1.165, 1.54) is 16.3 Å². The van der Waals surface area contributed by atoms with Crippen molar-refractivity contribution >= 4 is 21.9 Å². The van der Waals surface area contributed by atoms with Gasteiger partial charge in [-0.1, -0.05) is 29.8 Å². The Balaban J connectivity index is 2.58. The van der Waals surface area contributed by atoms with Gasteiger partial charge >= 0.3 is 0 Å². The Bertz CT molecular complexity index is 605. The predicted molar refractivity (Wildman–Crippen MR) is 58.5 cm³/mol. The van der Waals surface area contributed by atoms with Crippen LogP contribution in [-0.2, 0) is 0 Å². The largest absolute Gasteiger partial charge is 0.456 e. The minimum absolute atomic E-state index is 0.966. The quantitative estimate of drug-likeness (QED) is 0.514. The number of furan rings is 1. The topological polar surface area (TPSA) is 13.1 Å². The zero-order chi connectivity index (χ0) is 9.54. The molecule has 3 aromatic rings. The molecule has 1 heteroatoms. The molecule has 0 spiro atoms. The monoisotopic (exact) mass is 182 g/mol. The minimum atomic E-state index is 0.966. The first-order valence-electron chi connectivity index (χ1n) is 4.72. The maximum absolute atomic E-state index is 5.71. The zero-order valence-corrected chi connectivity index (χ0v) is 7.95. The second-order valence-corrected chi connectivity index (χ2v) is 3.60. The summed E-state index contributed by atoms with van der Waals surface area (Å²) in [4.78, 5) is 0. The van der Waals surface area contributed by atoms with Crippen molar-refractivity contribution in [1.29, 1.82) is 0 Å². The van der Waals surface area contributed by atoms with Gasteiger partial charge in [0, 0.05) is 10.8 Å². The molecule has 0 bridgehead atoms. The van der Waals surface area contributed by atoms with E-state index in [1.54, 1.807) is 0 Å². The van der Waals surface area contributed by atoms with Crippen molar-refractivity contribution in [1.82, 2.24) is 0 Å². The summed E-state index contributed by atoms with van der Waals surface area (Å²) in [7, 11) is 0. The van der Waals surface area contributed by atoms with Crippen LogP contribution in [0.5, 0.6) is 0 Å². The van der Waals surface area contributed by atoms with Crippen LogP contribution in [-0.4, -0.2) is 0 Å². The molecule has 0 saturated carbocycles. The van der Waals surface area contributed by atoms with Gasteiger partial charge in [-0.2, -0.15) is 0 Å². The summed E-state index contributed by atoms with van der Waals surface area (Å²) < 4.78 is 5.71. The van der Waals surface area contributed by atoms with E-state index in [-0.39, 0.29) is 0 Å². The third-order valence-electron chi connectivity index (χ3n) is 2.53. The van der Waals surface area contributed by atoms with Crippen molar-refractivity contribution < 1.29 is 4.42 Å². The van der Waals surface area contributed by atoms with Gasteiger partial charge in [-0.3, -0.25) is 0 Å². The molecule has 0 atom stereocenters. The Morgan fingerprint density at radius 2 is 1.64 bits per heavy atom. The predicted octanol–water partition coefficient (Wildman–Crippen LogP) is 3.89. The third-order valence-corrected chi connectivity index (χ3v) is 2.53. The maximum Gasteiger partial charge on any atom is 0.135 e. The minimum Gasteiger partial charge on any atom is -0.456 e. The van der Waals surface area contributed by atoms with Gasteiger partial charge in [-0.05, 0) is 25.1 Å². The number of para-hydroxylation sites is 1. The Morgan fingerprint density at radius 1 is 0.857 bits per heavy atom. The van der Waals surface area contributed by atoms with Crippen LogP contribution >= 0.6 is 0 Å². The molecule has 0 aliphatic rings. The lowest BCUT2D eigenvalue weighted by Crippen LogP contribution is -1.69. The average Bonchev–Trinajstić information content (AvgIpc) is 2.56. The second-order valence-electron chi connectivity index (χ2n) is 3.60. The molecular weight excluding hydrogens is 172 g/mol. The molecule has 0 aliphatic carbocycles. The third kappa shape index (κ3) is 0.956. The van der Waals surface area contributed by atoms with Crippen LogP contribution in [0, 0.1) is 6.92 Å². The molecular formula is C13H10O. The lowest BCUT2D eigenvalue weighted by Gasteiger charge is -1.90. The van der Waals surface area contributed by atoms with Crippen molar-refractivity contribution in [3.8, 4) is 0 Å². The molecule has 68 valence electrons. The van der Waals surface area contributed by atoms with E-state index in [2.05, 4.69) is 25.1 Å². The molecule has 0 N–H and O–H groups in total. The summed E-state index contributed by atoms with van der Waals surface area (Å²) in [5.41, 5.74) is 3.20. The Hall–Kier alpha value is -1.76. The standard InChI is InChI=1S/C13H10O/c1-9-6-7-13-11(8-9)10-4-2-3-5-12(10)14-13/h2-8H,1H3. The summed E-state index contributed by atoms with van der Waals surface area (Å²) in [5, 5.41) is 2.41. The van der Waals surface area contributed by atoms with Gasteiger partial charge in [0.2, 0.25) is 0 Å². The van der Waals surface area contributed by atoms with Crippen LogP contribution in [0.2, 0.25) is 0 Å². The molecule has 0 aliphatic heterocycles. The Kier molecular flexibility index (Phi) is 1.42. The highest BCUT2D eigenvalue weighted by Gasteiger charge is 2.04. The lowest BCUT2D eigenvalue weighted by atomic mass is 10.1. The highest BCUT2D eigenvalue weighted by Crippen LogP contribution is 2.28. The molecule has 0 saturated heterocycles. The molecule has 0 fully saturated rings. The smallest absolute Gasteiger partial charge is 0.135 e. The van der Waals surface area contributed by atoms with Crippen LogP contribution in [0.3, 0.4) is 0 Å². The van der Waals surface area contributed by atoms with Crippen molar-refractivity contribution in [2.45, 2.75) is 6.92 Å². The van der Waals surface area contributed by atoms with Crippen LogP contribution in [0.4, 0.5) is 0 Å². The van der Waals surface area contributed by atoms with Crippen molar-refractivity contribution in [2.24, 2.45) is 0 Å². The number of rotatable bonds is 0. The molecule has 2 aromatic carbocycles. The summed E-state index contributed by atoms with van der Waals surface area (Å²) >= 11 is 0. The van der Waals surface area contributed by atoms with E-state index in [0.717, 1.165) is 11.2 Å².